The Balaban J connectivity index is 1.09. The summed E-state index contributed by atoms with van der Waals surface area (Å²) in [5.74, 6) is 0.187. The van der Waals surface area contributed by atoms with Crippen LogP contribution in [0.5, 0.6) is 0 Å². The quantitative estimate of drug-likeness (QED) is 0.0177. The summed E-state index contributed by atoms with van der Waals surface area (Å²) < 4.78 is 60.1. The first-order chi connectivity index (χ1) is 39.9. The number of nitrogens with two attached hydrogens (primary N) is 2. The van der Waals surface area contributed by atoms with Gasteiger partial charge in [-0.3, -0.25) is 13.6 Å². The summed E-state index contributed by atoms with van der Waals surface area (Å²) in [4.78, 5) is 7.96. The third kappa shape index (κ3) is 18.6. The lowest BCUT2D eigenvalue weighted by molar-refractivity contribution is -0.0792. The molecule has 0 aromatic carbocycles. The van der Waals surface area contributed by atoms with E-state index in [2.05, 4.69) is 34.0 Å². The van der Waals surface area contributed by atoms with Crippen LogP contribution < -0.4 is 11.5 Å². The van der Waals surface area contributed by atoms with Crippen LogP contribution in [0.25, 0.3) is 11.0 Å². The highest BCUT2D eigenvalue weighted by Gasteiger charge is 2.59. The second-order valence-electron chi connectivity index (χ2n) is 22.3. The fraction of sp³-hybridized carbons (Fsp3) is 0.763. The highest BCUT2D eigenvalue weighted by Crippen LogP contribution is 2.52. The Kier molecular flexibility index (Phi) is 28.6. The van der Waals surface area contributed by atoms with Crippen molar-refractivity contribution in [3.63, 3.8) is 0 Å². The number of unbranched alkanes of at least 4 members (excludes halogenated alkanes) is 26. The van der Waals surface area contributed by atoms with Crippen molar-refractivity contribution in [3.8, 4) is 12.1 Å². The van der Waals surface area contributed by atoms with Gasteiger partial charge in [0.25, 0.3) is 0 Å². The molecule has 2 aliphatic heterocycles. The van der Waals surface area contributed by atoms with Crippen molar-refractivity contribution in [2.75, 3.05) is 51.1 Å². The number of aliphatic hydroxyl groups is 4. The number of nitrogen functional groups attached to an aromatic ring is 2. The minimum atomic E-state index is -4.87. The Morgan fingerprint density at radius 2 is 0.927 bits per heavy atom. The maximum Gasteiger partial charge on any atom is 0.475 e. The van der Waals surface area contributed by atoms with E-state index in [4.69, 9.17) is 44.0 Å². The minimum absolute atomic E-state index is 0.0357. The van der Waals surface area contributed by atoms with E-state index >= 15 is 4.57 Å². The molecule has 0 spiro atoms. The molecule has 23 heteroatoms. The fourth-order valence-corrected chi connectivity index (χ4v) is 12.3. The van der Waals surface area contributed by atoms with Crippen molar-refractivity contribution in [1.82, 2.24) is 29.2 Å². The number of fused-ring (bicyclic) bond motifs is 2. The number of phosphoric ester groups is 1. The summed E-state index contributed by atoms with van der Waals surface area (Å²) in [6.45, 7) is 3.58. The Morgan fingerprint density at radius 1 is 0.561 bits per heavy atom. The van der Waals surface area contributed by atoms with Gasteiger partial charge in [-0.1, -0.05) is 181 Å². The second kappa shape index (κ2) is 35.2. The van der Waals surface area contributed by atoms with Gasteiger partial charge in [0.1, 0.15) is 78.6 Å². The van der Waals surface area contributed by atoms with Crippen LogP contribution >= 0.6 is 7.82 Å². The number of anilines is 2. The topological polar surface area (TPSA) is 323 Å². The number of aliphatic hydroxyl groups excluding tert-OH is 4. The minimum Gasteiger partial charge on any atom is -0.387 e. The summed E-state index contributed by atoms with van der Waals surface area (Å²) in [5, 5.41) is 75.3. The lowest BCUT2D eigenvalue weighted by Crippen LogP contribution is -2.41. The molecule has 2 aliphatic rings. The number of aromatic nitrogens is 6. The van der Waals surface area contributed by atoms with E-state index in [1.54, 1.807) is 0 Å². The molecule has 2 fully saturated rings. The first-order valence-corrected chi connectivity index (χ1v) is 32.1. The summed E-state index contributed by atoms with van der Waals surface area (Å²) in [5.41, 5.74) is 8.40. The Hall–Kier alpha value is -4.39. The van der Waals surface area contributed by atoms with Crippen LogP contribution in [0.4, 0.5) is 11.6 Å². The molecule has 22 nitrogen and oxygen atoms in total. The van der Waals surface area contributed by atoms with Crippen LogP contribution in [0.2, 0.25) is 0 Å². The zero-order valence-corrected chi connectivity index (χ0v) is 49.7. The Bertz CT molecular complexity index is 2470. The van der Waals surface area contributed by atoms with Crippen molar-refractivity contribution >= 4 is 30.5 Å². The molecule has 0 unspecified atom stereocenters. The zero-order chi connectivity index (χ0) is 58.6. The van der Waals surface area contributed by atoms with Gasteiger partial charge in [0.15, 0.2) is 11.6 Å². The molecule has 6 heterocycles. The average molecular weight is 1170 g/mol. The van der Waals surface area contributed by atoms with Crippen molar-refractivity contribution in [2.24, 2.45) is 0 Å². The molecule has 0 saturated carbocycles. The van der Waals surface area contributed by atoms with Gasteiger partial charge in [0.05, 0.1) is 37.8 Å². The molecule has 4 aromatic heterocycles. The predicted molar refractivity (Wildman–Crippen MR) is 310 cm³/mol. The summed E-state index contributed by atoms with van der Waals surface area (Å²) >= 11 is 0. The first kappa shape index (κ1) is 66.7. The fourth-order valence-electron chi connectivity index (χ4n) is 11.0. The third-order valence-electron chi connectivity index (χ3n) is 16.0. The van der Waals surface area contributed by atoms with Crippen LogP contribution in [0.1, 0.15) is 205 Å². The first-order valence-electron chi connectivity index (χ1n) is 30.7. The summed E-state index contributed by atoms with van der Waals surface area (Å²) in [6, 6.07) is 9.94. The molecule has 4 aromatic rings. The van der Waals surface area contributed by atoms with Crippen molar-refractivity contribution < 1.29 is 57.5 Å². The van der Waals surface area contributed by atoms with Crippen LogP contribution in [-0.4, -0.2) is 132 Å². The molecule has 2 saturated heterocycles. The van der Waals surface area contributed by atoms with E-state index in [1.165, 1.54) is 181 Å². The molecule has 6 rings (SSSR count). The van der Waals surface area contributed by atoms with E-state index in [0.29, 0.717) is 24.2 Å². The van der Waals surface area contributed by atoms with Gasteiger partial charge in [0.2, 0.25) is 11.2 Å². The third-order valence-corrected chi connectivity index (χ3v) is 17.4. The number of rotatable bonds is 44. The van der Waals surface area contributed by atoms with Gasteiger partial charge in [-0.15, -0.1) is 0 Å². The predicted octanol–water partition coefficient (Wildman–Crippen LogP) is 9.84. The van der Waals surface area contributed by atoms with Crippen molar-refractivity contribution in [1.29, 1.82) is 10.5 Å². The molecule has 0 bridgehead atoms. The van der Waals surface area contributed by atoms with E-state index in [9.17, 15) is 30.9 Å². The number of hydrogen-bond acceptors (Lipinski definition) is 20. The van der Waals surface area contributed by atoms with Crippen molar-refractivity contribution in [2.45, 2.75) is 248 Å². The van der Waals surface area contributed by atoms with Gasteiger partial charge in [-0.25, -0.2) is 23.6 Å². The smallest absolute Gasteiger partial charge is 0.387 e. The van der Waals surface area contributed by atoms with E-state index < -0.39 is 75.0 Å². The molecule has 8 N–H and O–H groups in total. The monoisotopic (exact) mass is 1170 g/mol. The standard InChI is InChI=1S/C59H95N10O12P/c1-3-5-7-9-11-13-15-17-19-21-23-25-27-29-35-75-37-45(76-36-30-28-26-24-22-20-18-16-14-12-10-8-6-4-2)38-77-82(74,78-39-48-52(70)54(72)58(41-60,80-48)50-33-31-46-56(62)64-43-66-68(46)50)79-40-49-53(71)55(73)59(42-61,81-49)51-34-32-47-57(63)65-44-67-69(47)51/h31-34,43-45,48-49,52-55,70-73H,3-30,35-40H2,1-2H3,(H2,62,64,66)(H2,63,65,67)/t45-,48-,49-,52-,53-,54-,55-,58+,59+/m1/s1. The van der Waals surface area contributed by atoms with E-state index in [0.717, 1.165) is 44.9 Å². The Morgan fingerprint density at radius 3 is 1.30 bits per heavy atom. The molecule has 458 valence electrons. The average Bonchev–Trinajstić information content (AvgIpc) is 3.20. The molecule has 82 heavy (non-hydrogen) atoms. The van der Waals surface area contributed by atoms with Crippen LogP contribution in [-0.2, 0) is 48.3 Å². The second-order valence-corrected chi connectivity index (χ2v) is 24.0. The maximum absolute atomic E-state index is 15.0. The van der Waals surface area contributed by atoms with Gasteiger partial charge < -0.3 is 50.8 Å². The van der Waals surface area contributed by atoms with Gasteiger partial charge in [-0.2, -0.15) is 20.7 Å². The number of hydrogen-bond donors (Lipinski definition) is 6. The van der Waals surface area contributed by atoms with Crippen LogP contribution in [0, 0.1) is 22.7 Å². The van der Waals surface area contributed by atoms with Gasteiger partial charge >= 0.3 is 7.82 Å². The number of phosphoric acid groups is 1. The van der Waals surface area contributed by atoms with E-state index in [-0.39, 0.29) is 36.2 Å². The lowest BCUT2D eigenvalue weighted by Gasteiger charge is -2.26. The molecule has 9 atom stereocenters. The summed E-state index contributed by atoms with van der Waals surface area (Å²) in [7, 11) is -4.87. The number of nitrogens with zero attached hydrogens (tertiary/aromatic N) is 8. The number of nitriles is 2. The highest BCUT2D eigenvalue weighted by molar-refractivity contribution is 7.48. The lowest BCUT2D eigenvalue weighted by atomic mass is 9.92. The van der Waals surface area contributed by atoms with E-state index in [1.807, 2.05) is 12.1 Å². The van der Waals surface area contributed by atoms with Crippen LogP contribution in [0.15, 0.2) is 36.9 Å². The van der Waals surface area contributed by atoms with Gasteiger partial charge in [0, 0.05) is 13.2 Å². The largest absolute Gasteiger partial charge is 0.475 e. The SMILES string of the molecule is CCCCCCCCCCCCCCCCOC[C@H](COP(=O)(OC[C@H]1O[C@@](C#N)(c2ccc3c(N)ncnn23)[C@H](O)[C@@H]1O)OC[C@H]1O[C@@](C#N)(c2ccc3c(N)ncnn23)[C@H](O)[C@@H]1O)OCCCCCCCCCCCCCCCC. The Labute approximate surface area is 485 Å². The molecule has 0 radical (unpaired) electrons. The highest BCUT2D eigenvalue weighted by atomic mass is 31.2. The molecule has 0 amide bonds. The maximum atomic E-state index is 15.0. The molecular weight excluding hydrogens is 1070 g/mol. The number of ether oxygens (including phenoxy) is 4. The normalized spacial score (nSPS) is 23.3. The van der Waals surface area contributed by atoms with Crippen molar-refractivity contribution in [3.05, 3.63) is 48.3 Å². The molecular formula is C59H95N10O12P. The zero-order valence-electron chi connectivity index (χ0n) is 48.8. The van der Waals surface area contributed by atoms with Crippen LogP contribution in [0.3, 0.4) is 0 Å². The molecule has 0 aliphatic carbocycles. The summed E-state index contributed by atoms with van der Waals surface area (Å²) in [6.07, 6.45) is 25.5. The van der Waals surface area contributed by atoms with Gasteiger partial charge in [-0.05, 0) is 37.1 Å².